The lowest BCUT2D eigenvalue weighted by molar-refractivity contribution is -0.121. The van der Waals surface area contributed by atoms with Gasteiger partial charge in [0.2, 0.25) is 5.91 Å². The number of amides is 2. The van der Waals surface area contributed by atoms with E-state index in [-0.39, 0.29) is 22.4 Å². The van der Waals surface area contributed by atoms with Crippen molar-refractivity contribution < 1.29 is 14.0 Å². The minimum Gasteiger partial charge on any atom is -0.371 e. The Morgan fingerprint density at radius 2 is 1.72 bits per heavy atom. The molecular weight excluding hydrogens is 477 g/mol. The van der Waals surface area contributed by atoms with Gasteiger partial charge in [0.15, 0.2) is 0 Å². The Bertz CT molecular complexity index is 1070. The van der Waals surface area contributed by atoms with Crippen LogP contribution in [-0.4, -0.2) is 49.4 Å². The van der Waals surface area contributed by atoms with Crippen LogP contribution in [0.1, 0.15) is 54.4 Å². The van der Waals surface area contributed by atoms with Crippen LogP contribution in [-0.2, 0) is 11.2 Å². The molecule has 2 unspecified atom stereocenters. The van der Waals surface area contributed by atoms with E-state index in [2.05, 4.69) is 34.5 Å². The van der Waals surface area contributed by atoms with Crippen molar-refractivity contribution in [3.05, 3.63) is 64.4 Å². The van der Waals surface area contributed by atoms with Crippen molar-refractivity contribution in [1.29, 1.82) is 0 Å². The van der Waals surface area contributed by atoms with E-state index in [1.165, 1.54) is 49.1 Å². The minimum absolute atomic E-state index is 0.0153. The second-order valence-corrected chi connectivity index (χ2v) is 11.1. The number of halogens is 2. The van der Waals surface area contributed by atoms with Gasteiger partial charge in [-0.2, -0.15) is 0 Å². The van der Waals surface area contributed by atoms with Crippen LogP contribution in [0.5, 0.6) is 0 Å². The van der Waals surface area contributed by atoms with Crippen LogP contribution < -0.4 is 10.2 Å². The molecule has 2 amide bonds. The fourth-order valence-corrected chi connectivity index (χ4v) is 6.45. The Balaban J connectivity index is 1.09. The zero-order chi connectivity index (χ0) is 25.1. The molecule has 0 bridgehead atoms. The number of hydrogen-bond acceptors (Lipinski definition) is 3. The molecule has 7 heteroatoms. The third-order valence-corrected chi connectivity index (χ3v) is 8.45. The molecular formula is C29H35ClFN3O2. The van der Waals surface area contributed by atoms with Crippen molar-refractivity contribution in [3.8, 4) is 0 Å². The Morgan fingerprint density at radius 1 is 1.00 bits per heavy atom. The van der Waals surface area contributed by atoms with Crippen LogP contribution >= 0.6 is 11.6 Å². The van der Waals surface area contributed by atoms with E-state index in [4.69, 9.17) is 11.6 Å². The Hall–Kier alpha value is -2.60. The van der Waals surface area contributed by atoms with Crippen LogP contribution in [0.25, 0.3) is 0 Å². The third kappa shape index (κ3) is 5.69. The lowest BCUT2D eigenvalue weighted by Gasteiger charge is -2.24. The molecule has 2 aromatic rings. The van der Waals surface area contributed by atoms with Gasteiger partial charge in [-0.15, -0.1) is 0 Å². The standard InChI is InChI=1S/C29H35ClFN3O2/c30-25-11-4-12-26(31)28(25)29(36)34-18-22-16-33(17-23(22)19-34)24-10-3-8-20(14-24)9-5-13-32-27(35)15-21-6-1-2-7-21/h3-4,8,10-12,14,21-23H,1-2,5-7,9,13,15-19H2,(H,32,35). The Morgan fingerprint density at radius 3 is 2.44 bits per heavy atom. The van der Waals surface area contributed by atoms with E-state index >= 15 is 0 Å². The molecule has 1 N–H and O–H groups in total. The number of aryl methyl sites for hydroxylation is 1. The molecule has 2 saturated heterocycles. The Kier molecular flexibility index (Phi) is 7.80. The summed E-state index contributed by atoms with van der Waals surface area (Å²) in [6, 6.07) is 13.0. The SMILES string of the molecule is O=C(CC1CCCC1)NCCCc1cccc(N2CC3CN(C(=O)c4c(F)cccc4Cl)CC3C2)c1. The molecule has 0 spiro atoms. The number of benzene rings is 2. The summed E-state index contributed by atoms with van der Waals surface area (Å²) in [5.41, 5.74) is 2.47. The van der Waals surface area contributed by atoms with Crippen LogP contribution in [0.2, 0.25) is 5.02 Å². The summed E-state index contributed by atoms with van der Waals surface area (Å²) in [6.45, 7) is 3.76. The predicted molar refractivity (Wildman–Crippen MR) is 141 cm³/mol. The number of rotatable bonds is 8. The summed E-state index contributed by atoms with van der Waals surface area (Å²) in [5.74, 6) is 0.664. The number of hydrogen-bond donors (Lipinski definition) is 1. The average molecular weight is 512 g/mol. The van der Waals surface area contributed by atoms with Crippen molar-refractivity contribution in [1.82, 2.24) is 10.2 Å². The molecule has 5 nitrogen and oxygen atoms in total. The maximum Gasteiger partial charge on any atom is 0.258 e. The number of nitrogens with zero attached hydrogens (tertiary/aromatic N) is 2. The van der Waals surface area contributed by atoms with Crippen molar-refractivity contribution in [2.24, 2.45) is 17.8 Å². The van der Waals surface area contributed by atoms with Gasteiger partial charge in [0, 0.05) is 56.7 Å². The van der Waals surface area contributed by atoms with Gasteiger partial charge in [0.1, 0.15) is 5.82 Å². The molecule has 2 aromatic carbocycles. The number of carbonyl (C=O) groups is 2. The highest BCUT2D eigenvalue weighted by atomic mass is 35.5. The Labute approximate surface area is 218 Å². The molecule has 2 heterocycles. The summed E-state index contributed by atoms with van der Waals surface area (Å²) >= 11 is 6.12. The van der Waals surface area contributed by atoms with Gasteiger partial charge >= 0.3 is 0 Å². The van der Waals surface area contributed by atoms with Gasteiger partial charge < -0.3 is 15.1 Å². The first-order valence-electron chi connectivity index (χ1n) is 13.3. The fourth-order valence-electron chi connectivity index (χ4n) is 6.21. The van der Waals surface area contributed by atoms with Gasteiger partial charge in [-0.05, 0) is 61.4 Å². The van der Waals surface area contributed by atoms with Crippen molar-refractivity contribution in [3.63, 3.8) is 0 Å². The van der Waals surface area contributed by atoms with Crippen molar-refractivity contribution in [2.75, 3.05) is 37.6 Å². The highest BCUT2D eigenvalue weighted by Crippen LogP contribution is 2.35. The van der Waals surface area contributed by atoms with Crippen LogP contribution in [0.15, 0.2) is 42.5 Å². The highest BCUT2D eigenvalue weighted by Gasteiger charge is 2.42. The zero-order valence-electron chi connectivity index (χ0n) is 20.7. The van der Waals surface area contributed by atoms with Crippen LogP contribution in [0.3, 0.4) is 0 Å². The molecule has 36 heavy (non-hydrogen) atoms. The van der Waals surface area contributed by atoms with Gasteiger partial charge in [-0.25, -0.2) is 4.39 Å². The minimum atomic E-state index is -0.559. The normalized spacial score (nSPS) is 21.7. The molecule has 0 aromatic heterocycles. The fraction of sp³-hybridized carbons (Fsp3) is 0.517. The predicted octanol–water partition coefficient (Wildman–Crippen LogP) is 5.32. The smallest absolute Gasteiger partial charge is 0.258 e. The summed E-state index contributed by atoms with van der Waals surface area (Å²) in [7, 11) is 0. The maximum absolute atomic E-state index is 14.2. The molecule has 2 aliphatic heterocycles. The molecule has 3 fully saturated rings. The van der Waals surface area contributed by atoms with Crippen LogP contribution in [0.4, 0.5) is 10.1 Å². The third-order valence-electron chi connectivity index (χ3n) is 8.14. The second-order valence-electron chi connectivity index (χ2n) is 10.7. The number of fused-ring (bicyclic) bond motifs is 1. The van der Waals surface area contributed by atoms with E-state index in [0.717, 1.165) is 32.5 Å². The lowest BCUT2D eigenvalue weighted by atomic mass is 10.0. The summed E-state index contributed by atoms with van der Waals surface area (Å²) in [5, 5.41) is 3.27. The summed E-state index contributed by atoms with van der Waals surface area (Å²) in [6.07, 6.45) is 7.49. The summed E-state index contributed by atoms with van der Waals surface area (Å²) < 4.78 is 14.2. The maximum atomic E-state index is 14.2. The first-order chi connectivity index (χ1) is 17.5. The molecule has 192 valence electrons. The second kappa shape index (κ2) is 11.2. The topological polar surface area (TPSA) is 52.7 Å². The van der Waals surface area contributed by atoms with E-state index in [0.29, 0.717) is 37.3 Å². The molecule has 3 aliphatic rings. The van der Waals surface area contributed by atoms with Gasteiger partial charge in [-0.1, -0.05) is 42.6 Å². The molecule has 1 saturated carbocycles. The van der Waals surface area contributed by atoms with Crippen molar-refractivity contribution in [2.45, 2.75) is 44.9 Å². The van der Waals surface area contributed by atoms with Crippen molar-refractivity contribution >= 4 is 29.1 Å². The molecule has 2 atom stereocenters. The molecule has 5 rings (SSSR count). The monoisotopic (exact) mass is 511 g/mol. The van der Waals surface area contributed by atoms with E-state index in [1.54, 1.807) is 11.0 Å². The number of carbonyl (C=O) groups excluding carboxylic acids is 2. The average Bonchev–Trinajstić information content (AvgIpc) is 3.59. The first-order valence-corrected chi connectivity index (χ1v) is 13.7. The largest absolute Gasteiger partial charge is 0.371 e. The van der Waals surface area contributed by atoms with E-state index in [1.807, 2.05) is 0 Å². The first kappa shape index (κ1) is 25.1. The molecule has 1 aliphatic carbocycles. The number of nitrogens with one attached hydrogen (secondary N) is 1. The van der Waals surface area contributed by atoms with E-state index in [9.17, 15) is 14.0 Å². The van der Waals surface area contributed by atoms with Gasteiger partial charge in [-0.3, -0.25) is 9.59 Å². The van der Waals surface area contributed by atoms with Crippen LogP contribution in [0, 0.1) is 23.6 Å². The summed E-state index contributed by atoms with van der Waals surface area (Å²) in [4.78, 5) is 29.2. The lowest BCUT2D eigenvalue weighted by Crippen LogP contribution is -2.34. The van der Waals surface area contributed by atoms with Gasteiger partial charge in [0.25, 0.3) is 5.91 Å². The highest BCUT2D eigenvalue weighted by molar-refractivity contribution is 6.33. The molecule has 0 radical (unpaired) electrons. The zero-order valence-corrected chi connectivity index (χ0v) is 21.5. The quantitative estimate of drug-likeness (QED) is 0.488. The van der Waals surface area contributed by atoms with E-state index < -0.39 is 5.82 Å². The van der Waals surface area contributed by atoms with Gasteiger partial charge in [0.05, 0.1) is 10.6 Å². The number of anilines is 1. The number of likely N-dealkylation sites (tertiary alicyclic amines) is 1.